The monoisotopic (exact) mass is 256 g/mol. The Morgan fingerprint density at radius 2 is 1.68 bits per heavy atom. The molecule has 98 valence electrons. The second kappa shape index (κ2) is 5.57. The van der Waals surface area contributed by atoms with Gasteiger partial charge in [0, 0.05) is 0 Å². The first kappa shape index (κ1) is 13.1. The molecular formula is C16H16O3. The second-order valence-corrected chi connectivity index (χ2v) is 4.27. The standard InChI is InChI=1S/C16H16O3/c1-11-4-9-14(15(10-11)16(17)19-3)12-5-7-13(18-2)8-6-12/h4-10H,1-3H3. The molecular weight excluding hydrogens is 240 g/mol. The van der Waals surface area contributed by atoms with E-state index in [1.54, 1.807) is 7.11 Å². The topological polar surface area (TPSA) is 35.5 Å². The lowest BCUT2D eigenvalue weighted by Crippen LogP contribution is -2.04. The van der Waals surface area contributed by atoms with Gasteiger partial charge in [0.2, 0.25) is 0 Å². The molecule has 0 aliphatic carbocycles. The Kier molecular flexibility index (Phi) is 3.85. The van der Waals surface area contributed by atoms with E-state index in [0.717, 1.165) is 22.4 Å². The molecule has 2 aromatic carbocycles. The van der Waals surface area contributed by atoms with Crippen LogP contribution in [0.5, 0.6) is 5.75 Å². The number of rotatable bonds is 3. The normalized spacial score (nSPS) is 10.1. The number of carbonyl (C=O) groups excluding carboxylic acids is 1. The van der Waals surface area contributed by atoms with Gasteiger partial charge < -0.3 is 9.47 Å². The molecule has 0 heterocycles. The maximum absolute atomic E-state index is 11.8. The van der Waals surface area contributed by atoms with Crippen LogP contribution in [-0.2, 0) is 4.74 Å². The average molecular weight is 256 g/mol. The van der Waals surface area contributed by atoms with E-state index in [1.807, 2.05) is 49.4 Å². The van der Waals surface area contributed by atoms with Gasteiger partial charge in [0.05, 0.1) is 19.8 Å². The number of benzene rings is 2. The maximum Gasteiger partial charge on any atom is 0.338 e. The second-order valence-electron chi connectivity index (χ2n) is 4.27. The predicted molar refractivity (Wildman–Crippen MR) is 74.5 cm³/mol. The summed E-state index contributed by atoms with van der Waals surface area (Å²) < 4.78 is 9.97. The summed E-state index contributed by atoms with van der Waals surface area (Å²) in [5.74, 6) is 0.463. The van der Waals surface area contributed by atoms with Crippen molar-refractivity contribution in [1.29, 1.82) is 0 Å². The number of carbonyl (C=O) groups is 1. The Morgan fingerprint density at radius 3 is 2.26 bits per heavy atom. The van der Waals surface area contributed by atoms with Gasteiger partial charge >= 0.3 is 5.97 Å². The minimum Gasteiger partial charge on any atom is -0.497 e. The molecule has 2 rings (SSSR count). The van der Waals surface area contributed by atoms with Gasteiger partial charge in [-0.05, 0) is 36.2 Å². The smallest absolute Gasteiger partial charge is 0.338 e. The minimum atomic E-state index is -0.325. The Morgan fingerprint density at radius 1 is 1.00 bits per heavy atom. The number of ether oxygens (including phenoxy) is 2. The summed E-state index contributed by atoms with van der Waals surface area (Å²) in [5.41, 5.74) is 3.42. The van der Waals surface area contributed by atoms with Gasteiger partial charge in [-0.15, -0.1) is 0 Å². The molecule has 2 aromatic rings. The third-order valence-electron chi connectivity index (χ3n) is 2.98. The molecule has 0 bridgehead atoms. The van der Waals surface area contributed by atoms with Crippen LogP contribution in [0.15, 0.2) is 42.5 Å². The van der Waals surface area contributed by atoms with Crippen molar-refractivity contribution in [3.63, 3.8) is 0 Å². The van der Waals surface area contributed by atoms with Crippen molar-refractivity contribution < 1.29 is 14.3 Å². The van der Waals surface area contributed by atoms with Crippen molar-refractivity contribution in [2.24, 2.45) is 0 Å². The van der Waals surface area contributed by atoms with Crippen molar-refractivity contribution in [2.45, 2.75) is 6.92 Å². The zero-order valence-electron chi connectivity index (χ0n) is 11.3. The van der Waals surface area contributed by atoms with Crippen LogP contribution in [0, 0.1) is 6.92 Å². The molecule has 0 unspecified atom stereocenters. The highest BCUT2D eigenvalue weighted by Crippen LogP contribution is 2.27. The van der Waals surface area contributed by atoms with Crippen LogP contribution in [0.2, 0.25) is 0 Å². The minimum absolute atomic E-state index is 0.325. The molecule has 19 heavy (non-hydrogen) atoms. The Balaban J connectivity index is 2.51. The lowest BCUT2D eigenvalue weighted by molar-refractivity contribution is 0.0601. The molecule has 0 fully saturated rings. The van der Waals surface area contributed by atoms with Crippen molar-refractivity contribution in [3.05, 3.63) is 53.6 Å². The fourth-order valence-corrected chi connectivity index (χ4v) is 1.96. The van der Waals surface area contributed by atoms with Crippen molar-refractivity contribution >= 4 is 5.97 Å². The molecule has 0 amide bonds. The highest BCUT2D eigenvalue weighted by atomic mass is 16.5. The Bertz CT molecular complexity index is 585. The molecule has 0 saturated heterocycles. The first-order valence-electron chi connectivity index (χ1n) is 5.99. The summed E-state index contributed by atoms with van der Waals surface area (Å²) >= 11 is 0. The van der Waals surface area contributed by atoms with Crippen molar-refractivity contribution in [2.75, 3.05) is 14.2 Å². The fourth-order valence-electron chi connectivity index (χ4n) is 1.96. The Labute approximate surface area is 112 Å². The molecule has 0 atom stereocenters. The summed E-state index contributed by atoms with van der Waals surface area (Å²) in [7, 11) is 3.02. The molecule has 0 aliphatic heterocycles. The van der Waals surface area contributed by atoms with Crippen LogP contribution in [0.3, 0.4) is 0 Å². The lowest BCUT2D eigenvalue weighted by atomic mass is 9.98. The van der Waals surface area contributed by atoms with Gasteiger partial charge in [-0.2, -0.15) is 0 Å². The van der Waals surface area contributed by atoms with E-state index in [-0.39, 0.29) is 5.97 Å². The number of esters is 1. The van der Waals surface area contributed by atoms with Crippen molar-refractivity contribution in [3.8, 4) is 16.9 Å². The molecule has 0 aliphatic rings. The number of aryl methyl sites for hydroxylation is 1. The average Bonchev–Trinajstić information content (AvgIpc) is 2.46. The fraction of sp³-hybridized carbons (Fsp3) is 0.188. The lowest BCUT2D eigenvalue weighted by Gasteiger charge is -2.10. The van der Waals surface area contributed by atoms with Crippen LogP contribution >= 0.6 is 0 Å². The van der Waals surface area contributed by atoms with E-state index in [9.17, 15) is 4.79 Å². The molecule has 0 radical (unpaired) electrons. The molecule has 0 N–H and O–H groups in total. The number of hydrogen-bond donors (Lipinski definition) is 0. The molecule has 0 saturated carbocycles. The van der Waals surface area contributed by atoms with E-state index in [0.29, 0.717) is 5.56 Å². The maximum atomic E-state index is 11.8. The highest BCUT2D eigenvalue weighted by molar-refractivity contribution is 5.97. The van der Waals surface area contributed by atoms with E-state index in [1.165, 1.54) is 7.11 Å². The van der Waals surface area contributed by atoms with E-state index < -0.39 is 0 Å². The first-order valence-corrected chi connectivity index (χ1v) is 5.99. The Hall–Kier alpha value is -2.29. The van der Waals surface area contributed by atoms with Crippen LogP contribution < -0.4 is 4.74 Å². The van der Waals surface area contributed by atoms with Crippen LogP contribution in [-0.4, -0.2) is 20.2 Å². The molecule has 0 aromatic heterocycles. The molecule has 3 nitrogen and oxygen atoms in total. The van der Waals surface area contributed by atoms with Crippen LogP contribution in [0.1, 0.15) is 15.9 Å². The first-order chi connectivity index (χ1) is 9.15. The quantitative estimate of drug-likeness (QED) is 0.789. The van der Waals surface area contributed by atoms with Crippen molar-refractivity contribution in [1.82, 2.24) is 0 Å². The van der Waals surface area contributed by atoms with Gasteiger partial charge in [0.1, 0.15) is 5.75 Å². The zero-order chi connectivity index (χ0) is 13.8. The summed E-state index contributed by atoms with van der Waals surface area (Å²) in [6, 6.07) is 13.3. The SMILES string of the molecule is COC(=O)c1cc(C)ccc1-c1ccc(OC)cc1. The van der Waals surface area contributed by atoms with Gasteiger partial charge in [-0.1, -0.05) is 29.8 Å². The summed E-state index contributed by atoms with van der Waals surface area (Å²) in [5, 5.41) is 0. The van der Waals surface area contributed by atoms with E-state index in [4.69, 9.17) is 9.47 Å². The van der Waals surface area contributed by atoms with E-state index >= 15 is 0 Å². The van der Waals surface area contributed by atoms with Gasteiger partial charge in [-0.25, -0.2) is 4.79 Å². The summed E-state index contributed by atoms with van der Waals surface area (Å²) in [4.78, 5) is 11.8. The predicted octanol–water partition coefficient (Wildman–Crippen LogP) is 3.46. The number of hydrogen-bond acceptors (Lipinski definition) is 3. The van der Waals surface area contributed by atoms with Gasteiger partial charge in [0.25, 0.3) is 0 Å². The zero-order valence-corrected chi connectivity index (χ0v) is 11.3. The molecule has 0 spiro atoms. The van der Waals surface area contributed by atoms with Crippen LogP contribution in [0.4, 0.5) is 0 Å². The van der Waals surface area contributed by atoms with Crippen LogP contribution in [0.25, 0.3) is 11.1 Å². The van der Waals surface area contributed by atoms with E-state index in [2.05, 4.69) is 0 Å². The molecule has 3 heteroatoms. The third-order valence-corrected chi connectivity index (χ3v) is 2.98. The van der Waals surface area contributed by atoms with Gasteiger partial charge in [-0.3, -0.25) is 0 Å². The summed E-state index contributed by atoms with van der Waals surface area (Å²) in [6.07, 6.45) is 0. The third kappa shape index (κ3) is 2.76. The summed E-state index contributed by atoms with van der Waals surface area (Å²) in [6.45, 7) is 1.95. The van der Waals surface area contributed by atoms with Gasteiger partial charge in [0.15, 0.2) is 0 Å². The largest absolute Gasteiger partial charge is 0.497 e. The highest BCUT2D eigenvalue weighted by Gasteiger charge is 2.13. The number of methoxy groups -OCH3 is 2.